The van der Waals surface area contributed by atoms with Crippen LogP contribution in [0.5, 0.6) is 0 Å². The van der Waals surface area contributed by atoms with Gasteiger partial charge in [0.15, 0.2) is 6.10 Å². The number of carbonyl (C=O) groups excluding carboxylic acids is 1. The molecule has 0 fully saturated rings. The van der Waals surface area contributed by atoms with Gasteiger partial charge >= 0.3 is 5.97 Å². The largest absolute Gasteiger partial charge is 0.452 e. The van der Waals surface area contributed by atoms with Crippen LogP contribution in [0.2, 0.25) is 0 Å². The van der Waals surface area contributed by atoms with Crippen LogP contribution in [0.4, 0.5) is 0 Å². The Bertz CT molecular complexity index is 488. The molecule has 0 saturated carbocycles. The Kier molecular flexibility index (Phi) is 3.11. The molecule has 3 nitrogen and oxygen atoms in total. The fraction of sp³-hybridized carbons (Fsp3) is 0.214. The van der Waals surface area contributed by atoms with Crippen molar-refractivity contribution in [2.75, 3.05) is 0 Å². The molecule has 0 heterocycles. The van der Waals surface area contributed by atoms with Gasteiger partial charge in [-0.25, -0.2) is 4.79 Å². The second-order valence-corrected chi connectivity index (χ2v) is 4.08. The van der Waals surface area contributed by atoms with E-state index in [0.717, 1.165) is 11.1 Å². The zero-order valence-electron chi connectivity index (χ0n) is 9.59. The summed E-state index contributed by atoms with van der Waals surface area (Å²) in [6.45, 7) is 5.09. The van der Waals surface area contributed by atoms with Crippen molar-refractivity contribution >= 4 is 12.0 Å². The molecule has 0 radical (unpaired) electrons. The first-order valence-electron chi connectivity index (χ1n) is 5.41. The van der Waals surface area contributed by atoms with E-state index in [-0.39, 0.29) is 0 Å². The van der Waals surface area contributed by atoms with Crippen LogP contribution in [-0.4, -0.2) is 17.2 Å². The molecule has 1 aromatic carbocycles. The zero-order chi connectivity index (χ0) is 12.4. The highest BCUT2D eigenvalue weighted by Gasteiger charge is 2.27. The number of benzene rings is 1. The second-order valence-electron chi connectivity index (χ2n) is 4.08. The van der Waals surface area contributed by atoms with Gasteiger partial charge in [-0.1, -0.05) is 36.9 Å². The Balaban J connectivity index is 2.20. The van der Waals surface area contributed by atoms with E-state index in [4.69, 9.17) is 4.74 Å². The third-order valence-corrected chi connectivity index (χ3v) is 2.68. The fourth-order valence-corrected chi connectivity index (χ4v) is 1.74. The number of rotatable bonds is 2. The van der Waals surface area contributed by atoms with Crippen LogP contribution in [0.1, 0.15) is 24.2 Å². The molecule has 2 atom stereocenters. The number of fused-ring (bicyclic) bond motifs is 1. The predicted molar refractivity (Wildman–Crippen MR) is 65.1 cm³/mol. The molecule has 1 aliphatic rings. The summed E-state index contributed by atoms with van der Waals surface area (Å²) in [5.74, 6) is -0.488. The first kappa shape index (κ1) is 11.6. The Morgan fingerprint density at radius 2 is 2.12 bits per heavy atom. The van der Waals surface area contributed by atoms with Gasteiger partial charge in [-0.3, -0.25) is 0 Å². The van der Waals surface area contributed by atoms with Crippen molar-refractivity contribution in [3.05, 3.63) is 53.6 Å². The van der Waals surface area contributed by atoms with Crippen molar-refractivity contribution in [2.24, 2.45) is 0 Å². The molecule has 0 amide bonds. The van der Waals surface area contributed by atoms with Crippen molar-refractivity contribution in [2.45, 2.75) is 19.1 Å². The van der Waals surface area contributed by atoms with E-state index in [1.165, 1.54) is 0 Å². The zero-order valence-corrected chi connectivity index (χ0v) is 9.59. The highest BCUT2D eigenvalue weighted by atomic mass is 16.6. The van der Waals surface area contributed by atoms with Crippen LogP contribution in [0, 0.1) is 0 Å². The molecule has 0 bridgehead atoms. The van der Waals surface area contributed by atoms with Gasteiger partial charge in [-0.05, 0) is 24.1 Å². The standard InChI is InChI=1S/C14H14O3/c1-9(2)14(16)17-12-8-7-10-5-3-4-6-11(10)13(12)15/h3-8,12-13,15H,1H2,2H3. The Morgan fingerprint density at radius 3 is 2.82 bits per heavy atom. The van der Waals surface area contributed by atoms with Crippen molar-refractivity contribution in [3.63, 3.8) is 0 Å². The van der Waals surface area contributed by atoms with Crippen molar-refractivity contribution in [1.29, 1.82) is 0 Å². The lowest BCUT2D eigenvalue weighted by Gasteiger charge is -2.25. The summed E-state index contributed by atoms with van der Waals surface area (Å²) >= 11 is 0. The Hall–Kier alpha value is -1.87. The summed E-state index contributed by atoms with van der Waals surface area (Å²) < 4.78 is 5.15. The maximum atomic E-state index is 11.4. The molecule has 0 saturated heterocycles. The van der Waals surface area contributed by atoms with Gasteiger partial charge in [0.2, 0.25) is 0 Å². The molecule has 1 aromatic rings. The molecule has 88 valence electrons. The molecular formula is C14H14O3. The third-order valence-electron chi connectivity index (χ3n) is 2.68. The van der Waals surface area contributed by atoms with Crippen LogP contribution in [0.15, 0.2) is 42.5 Å². The van der Waals surface area contributed by atoms with E-state index in [9.17, 15) is 9.90 Å². The molecule has 3 heteroatoms. The van der Waals surface area contributed by atoms with Crippen molar-refractivity contribution in [3.8, 4) is 0 Å². The average Bonchev–Trinajstić information content (AvgIpc) is 2.33. The number of carbonyl (C=O) groups is 1. The molecule has 2 rings (SSSR count). The summed E-state index contributed by atoms with van der Waals surface area (Å²) in [4.78, 5) is 11.4. The molecule has 1 aliphatic carbocycles. The van der Waals surface area contributed by atoms with Gasteiger partial charge in [0, 0.05) is 5.57 Å². The maximum Gasteiger partial charge on any atom is 0.333 e. The van der Waals surface area contributed by atoms with Crippen LogP contribution < -0.4 is 0 Å². The summed E-state index contributed by atoms with van der Waals surface area (Å²) in [6, 6.07) is 7.48. The quantitative estimate of drug-likeness (QED) is 0.626. The smallest absolute Gasteiger partial charge is 0.333 e. The minimum Gasteiger partial charge on any atom is -0.452 e. The number of ether oxygens (including phenoxy) is 1. The molecule has 1 N–H and O–H groups in total. The Labute approximate surface area is 100 Å². The molecule has 0 spiro atoms. The SMILES string of the molecule is C=C(C)C(=O)OC1C=Cc2ccccc2C1O. The van der Waals surface area contributed by atoms with Gasteiger partial charge in [0.25, 0.3) is 0 Å². The van der Waals surface area contributed by atoms with Crippen LogP contribution in [0.3, 0.4) is 0 Å². The van der Waals surface area contributed by atoms with E-state index in [2.05, 4.69) is 6.58 Å². The van der Waals surface area contributed by atoms with Gasteiger partial charge in [0.1, 0.15) is 6.10 Å². The van der Waals surface area contributed by atoms with Crippen LogP contribution in [0.25, 0.3) is 6.08 Å². The number of aliphatic hydroxyl groups excluding tert-OH is 1. The first-order valence-corrected chi connectivity index (χ1v) is 5.41. The molecular weight excluding hydrogens is 216 g/mol. The normalized spacial score (nSPS) is 21.8. The van der Waals surface area contributed by atoms with E-state index >= 15 is 0 Å². The summed E-state index contributed by atoms with van der Waals surface area (Å²) in [7, 11) is 0. The lowest BCUT2D eigenvalue weighted by molar-refractivity contribution is -0.147. The van der Waals surface area contributed by atoms with Crippen LogP contribution in [-0.2, 0) is 9.53 Å². The molecule has 0 aromatic heterocycles. The van der Waals surface area contributed by atoms with Gasteiger partial charge < -0.3 is 9.84 Å². The molecule has 0 aliphatic heterocycles. The number of esters is 1. The van der Waals surface area contributed by atoms with Gasteiger partial charge in [-0.15, -0.1) is 0 Å². The average molecular weight is 230 g/mol. The maximum absolute atomic E-state index is 11.4. The predicted octanol–water partition coefficient (Wildman–Crippen LogP) is 2.23. The van der Waals surface area contributed by atoms with Gasteiger partial charge in [0.05, 0.1) is 0 Å². The van der Waals surface area contributed by atoms with Gasteiger partial charge in [-0.2, -0.15) is 0 Å². The third kappa shape index (κ3) is 2.29. The number of aliphatic hydroxyl groups is 1. The van der Waals surface area contributed by atoms with Crippen molar-refractivity contribution in [1.82, 2.24) is 0 Å². The lowest BCUT2D eigenvalue weighted by Crippen LogP contribution is -2.26. The monoisotopic (exact) mass is 230 g/mol. The van der Waals surface area contributed by atoms with Crippen LogP contribution >= 0.6 is 0 Å². The minimum atomic E-state index is -0.820. The minimum absolute atomic E-state index is 0.324. The summed E-state index contributed by atoms with van der Waals surface area (Å²) in [6.07, 6.45) is 2.07. The fourth-order valence-electron chi connectivity index (χ4n) is 1.74. The Morgan fingerprint density at radius 1 is 1.41 bits per heavy atom. The highest BCUT2D eigenvalue weighted by Crippen LogP contribution is 2.29. The second kappa shape index (κ2) is 4.55. The van der Waals surface area contributed by atoms with E-state index < -0.39 is 18.2 Å². The summed E-state index contributed by atoms with van der Waals surface area (Å²) in [5.41, 5.74) is 2.04. The summed E-state index contributed by atoms with van der Waals surface area (Å²) in [5, 5.41) is 10.1. The number of hydrogen-bond acceptors (Lipinski definition) is 3. The molecule has 2 unspecified atom stereocenters. The lowest BCUT2D eigenvalue weighted by atomic mass is 9.93. The first-order chi connectivity index (χ1) is 8.09. The van der Waals surface area contributed by atoms with E-state index in [0.29, 0.717) is 5.57 Å². The number of hydrogen-bond donors (Lipinski definition) is 1. The topological polar surface area (TPSA) is 46.5 Å². The van der Waals surface area contributed by atoms with E-state index in [1.807, 2.05) is 30.3 Å². The molecule has 17 heavy (non-hydrogen) atoms. The highest BCUT2D eigenvalue weighted by molar-refractivity contribution is 5.87. The van der Waals surface area contributed by atoms with E-state index in [1.54, 1.807) is 13.0 Å². The van der Waals surface area contributed by atoms with Crippen molar-refractivity contribution < 1.29 is 14.6 Å².